The molecule has 5 rings (SSSR count). The fourth-order valence-corrected chi connectivity index (χ4v) is 4.23. The summed E-state index contributed by atoms with van der Waals surface area (Å²) in [5, 5.41) is 2.43. The van der Waals surface area contributed by atoms with Gasteiger partial charge in [0.05, 0.1) is 18.9 Å². The molecule has 3 heterocycles. The highest BCUT2D eigenvalue weighted by Gasteiger charge is 2.20. The second-order valence-corrected chi connectivity index (χ2v) is 7.98. The minimum absolute atomic E-state index is 0.266. The summed E-state index contributed by atoms with van der Waals surface area (Å²) in [6.45, 7) is 9.18. The zero-order valence-corrected chi connectivity index (χ0v) is 18.0. The molecule has 0 radical (unpaired) electrons. The van der Waals surface area contributed by atoms with Crippen LogP contribution in [-0.4, -0.2) is 68.7 Å². The third-order valence-electron chi connectivity index (χ3n) is 6.07. The topological polar surface area (TPSA) is 47.1 Å². The fourth-order valence-electron chi connectivity index (χ4n) is 4.23. The molecule has 0 spiro atoms. The number of pyridine rings is 1. The summed E-state index contributed by atoms with van der Waals surface area (Å²) in [5.74, 6) is 1.89. The van der Waals surface area contributed by atoms with Crippen molar-refractivity contribution in [3.8, 4) is 17.0 Å². The first kappa shape index (κ1) is 20.2. The van der Waals surface area contributed by atoms with Crippen molar-refractivity contribution >= 4 is 16.6 Å². The number of likely N-dealkylation sites (N-methyl/N-ethyl adjacent to an activating group) is 1. The zero-order valence-electron chi connectivity index (χ0n) is 18.0. The number of anilines is 1. The standard InChI is InChI=1S/C25H29N3O3/c1-2-27-11-13-28(14-12-27)25-22-6-4-3-5-20(22)17-23(26-25)19-7-9-21(10-8-19)31-18-24-29-15-16-30-24/h3-10,17,24H,2,11-16,18H2,1H3. The van der Waals surface area contributed by atoms with Crippen LogP contribution in [0.15, 0.2) is 54.6 Å². The van der Waals surface area contributed by atoms with Crippen LogP contribution in [0.4, 0.5) is 5.82 Å². The van der Waals surface area contributed by atoms with Gasteiger partial charge < -0.3 is 24.0 Å². The zero-order chi connectivity index (χ0) is 21.0. The largest absolute Gasteiger partial charge is 0.488 e. The van der Waals surface area contributed by atoms with Crippen LogP contribution in [0.25, 0.3) is 22.0 Å². The lowest BCUT2D eigenvalue weighted by molar-refractivity contribution is -0.0684. The minimum atomic E-state index is -0.266. The Bertz CT molecular complexity index is 1010. The Morgan fingerprint density at radius 2 is 1.71 bits per heavy atom. The molecular weight excluding hydrogens is 390 g/mol. The van der Waals surface area contributed by atoms with E-state index in [4.69, 9.17) is 19.2 Å². The summed E-state index contributed by atoms with van der Waals surface area (Å²) in [6, 6.07) is 18.8. The molecule has 2 aliphatic rings. The van der Waals surface area contributed by atoms with Crippen LogP contribution in [0.3, 0.4) is 0 Å². The molecule has 3 aromatic rings. The van der Waals surface area contributed by atoms with Crippen LogP contribution >= 0.6 is 0 Å². The maximum Gasteiger partial charge on any atom is 0.191 e. The van der Waals surface area contributed by atoms with E-state index in [0.29, 0.717) is 19.8 Å². The van der Waals surface area contributed by atoms with Crippen molar-refractivity contribution < 1.29 is 14.2 Å². The van der Waals surface area contributed by atoms with Gasteiger partial charge in [-0.2, -0.15) is 0 Å². The monoisotopic (exact) mass is 419 g/mol. The summed E-state index contributed by atoms with van der Waals surface area (Å²) in [6.07, 6.45) is -0.266. The first-order valence-corrected chi connectivity index (χ1v) is 11.1. The van der Waals surface area contributed by atoms with Gasteiger partial charge in [-0.15, -0.1) is 0 Å². The quantitative estimate of drug-likeness (QED) is 0.606. The predicted molar refractivity (Wildman–Crippen MR) is 123 cm³/mol. The van der Waals surface area contributed by atoms with E-state index in [1.165, 1.54) is 10.8 Å². The molecule has 2 aliphatic heterocycles. The van der Waals surface area contributed by atoms with Gasteiger partial charge in [0.15, 0.2) is 6.29 Å². The van der Waals surface area contributed by atoms with E-state index in [2.05, 4.69) is 59.2 Å². The summed E-state index contributed by atoms with van der Waals surface area (Å²) < 4.78 is 16.7. The lowest BCUT2D eigenvalue weighted by Crippen LogP contribution is -2.46. The second-order valence-electron chi connectivity index (χ2n) is 7.98. The van der Waals surface area contributed by atoms with Crippen LogP contribution in [-0.2, 0) is 9.47 Å². The molecule has 2 fully saturated rings. The molecule has 0 amide bonds. The van der Waals surface area contributed by atoms with Crippen molar-refractivity contribution in [3.63, 3.8) is 0 Å². The van der Waals surface area contributed by atoms with Gasteiger partial charge >= 0.3 is 0 Å². The number of nitrogens with zero attached hydrogens (tertiary/aromatic N) is 3. The predicted octanol–water partition coefficient (Wildman–Crippen LogP) is 3.80. The van der Waals surface area contributed by atoms with Gasteiger partial charge in [-0.25, -0.2) is 4.98 Å². The molecule has 2 aromatic carbocycles. The van der Waals surface area contributed by atoms with E-state index in [0.717, 1.165) is 55.5 Å². The Morgan fingerprint density at radius 3 is 2.45 bits per heavy atom. The number of fused-ring (bicyclic) bond motifs is 1. The summed E-state index contributed by atoms with van der Waals surface area (Å²) in [5.41, 5.74) is 2.07. The van der Waals surface area contributed by atoms with Gasteiger partial charge in [-0.05, 0) is 42.3 Å². The second kappa shape index (κ2) is 9.22. The molecule has 0 aliphatic carbocycles. The first-order valence-electron chi connectivity index (χ1n) is 11.1. The Hall–Kier alpha value is -2.67. The highest BCUT2D eigenvalue weighted by molar-refractivity contribution is 5.95. The number of hydrogen-bond donors (Lipinski definition) is 0. The van der Waals surface area contributed by atoms with Gasteiger partial charge in [-0.3, -0.25) is 0 Å². The lowest BCUT2D eigenvalue weighted by atomic mass is 10.1. The SMILES string of the molecule is CCN1CCN(c2nc(-c3ccc(OCC4OCCO4)cc3)cc3ccccc23)CC1. The van der Waals surface area contributed by atoms with Crippen molar-refractivity contribution in [1.29, 1.82) is 0 Å². The van der Waals surface area contributed by atoms with Crippen molar-refractivity contribution in [2.24, 2.45) is 0 Å². The number of hydrogen-bond acceptors (Lipinski definition) is 6. The molecule has 31 heavy (non-hydrogen) atoms. The fraction of sp³-hybridized carbons (Fsp3) is 0.400. The van der Waals surface area contributed by atoms with E-state index in [1.54, 1.807) is 0 Å². The minimum Gasteiger partial charge on any atom is -0.488 e. The average Bonchev–Trinajstić information content (AvgIpc) is 3.36. The van der Waals surface area contributed by atoms with Crippen LogP contribution in [0.2, 0.25) is 0 Å². The molecule has 162 valence electrons. The maximum absolute atomic E-state index is 5.81. The van der Waals surface area contributed by atoms with Crippen molar-refractivity contribution in [2.45, 2.75) is 13.2 Å². The van der Waals surface area contributed by atoms with Gasteiger partial charge in [-0.1, -0.05) is 31.2 Å². The summed E-state index contributed by atoms with van der Waals surface area (Å²) >= 11 is 0. The van der Waals surface area contributed by atoms with Crippen LogP contribution < -0.4 is 9.64 Å². The molecule has 2 saturated heterocycles. The van der Waals surface area contributed by atoms with Gasteiger partial charge in [0.1, 0.15) is 18.2 Å². The molecule has 6 heteroatoms. The van der Waals surface area contributed by atoms with Crippen LogP contribution in [0, 0.1) is 0 Å². The van der Waals surface area contributed by atoms with Gasteiger partial charge in [0, 0.05) is 37.1 Å². The first-order chi connectivity index (χ1) is 15.3. The highest BCUT2D eigenvalue weighted by atomic mass is 16.7. The molecular formula is C25H29N3O3. The highest BCUT2D eigenvalue weighted by Crippen LogP contribution is 2.31. The molecule has 0 bridgehead atoms. The van der Waals surface area contributed by atoms with E-state index in [9.17, 15) is 0 Å². The van der Waals surface area contributed by atoms with E-state index < -0.39 is 0 Å². The number of ether oxygens (including phenoxy) is 3. The van der Waals surface area contributed by atoms with Gasteiger partial charge in [0.2, 0.25) is 0 Å². The third-order valence-corrected chi connectivity index (χ3v) is 6.07. The Balaban J connectivity index is 1.39. The van der Waals surface area contributed by atoms with E-state index in [1.807, 2.05) is 12.1 Å². The molecule has 0 atom stereocenters. The van der Waals surface area contributed by atoms with Gasteiger partial charge in [0.25, 0.3) is 0 Å². The van der Waals surface area contributed by atoms with Crippen molar-refractivity contribution in [1.82, 2.24) is 9.88 Å². The van der Waals surface area contributed by atoms with Crippen LogP contribution in [0.1, 0.15) is 6.92 Å². The van der Waals surface area contributed by atoms with E-state index in [-0.39, 0.29) is 6.29 Å². The Labute approximate surface area is 183 Å². The number of piperazine rings is 1. The molecule has 1 aromatic heterocycles. The number of aromatic nitrogens is 1. The summed E-state index contributed by atoms with van der Waals surface area (Å²) in [7, 11) is 0. The van der Waals surface area contributed by atoms with Crippen molar-refractivity contribution in [3.05, 3.63) is 54.6 Å². The lowest BCUT2D eigenvalue weighted by Gasteiger charge is -2.35. The average molecular weight is 420 g/mol. The maximum atomic E-state index is 5.81. The molecule has 0 N–H and O–H groups in total. The van der Waals surface area contributed by atoms with E-state index >= 15 is 0 Å². The summed E-state index contributed by atoms with van der Waals surface area (Å²) in [4.78, 5) is 10.0. The van der Waals surface area contributed by atoms with Crippen molar-refractivity contribution in [2.75, 3.05) is 57.4 Å². The number of benzene rings is 2. The van der Waals surface area contributed by atoms with Crippen LogP contribution in [0.5, 0.6) is 5.75 Å². The smallest absolute Gasteiger partial charge is 0.191 e. The normalized spacial score (nSPS) is 18.0. The number of rotatable bonds is 6. The Morgan fingerprint density at radius 1 is 0.968 bits per heavy atom. The third kappa shape index (κ3) is 4.51. The molecule has 0 saturated carbocycles. The molecule has 0 unspecified atom stereocenters. The Kier molecular flexibility index (Phi) is 6.02. The molecule has 6 nitrogen and oxygen atoms in total.